The van der Waals surface area contributed by atoms with E-state index in [-0.39, 0.29) is 0 Å². The van der Waals surface area contributed by atoms with Gasteiger partial charge in [-0.2, -0.15) is 0 Å². The quantitative estimate of drug-likeness (QED) is 0.550. The second-order valence-corrected chi connectivity index (χ2v) is 7.51. The van der Waals surface area contributed by atoms with Gasteiger partial charge in [-0.1, -0.05) is 52.9 Å². The fourth-order valence-electron chi connectivity index (χ4n) is 2.91. The Balaban J connectivity index is 2.58. The molecule has 1 rings (SSSR count). The van der Waals surface area contributed by atoms with E-state index in [2.05, 4.69) is 27.4 Å². The molecule has 1 aliphatic rings. The molecular weight excluding hydrogens is 199 g/mol. The van der Waals surface area contributed by atoms with Crippen molar-refractivity contribution in [3.05, 3.63) is 0 Å². The van der Waals surface area contributed by atoms with Crippen LogP contribution in [0.4, 0.5) is 0 Å². The maximum atomic E-state index is 2.48. The van der Waals surface area contributed by atoms with Crippen molar-refractivity contribution in [1.82, 2.24) is 0 Å². The Labute approximate surface area is 98.4 Å². The fraction of sp³-hybridized carbons (Fsp3) is 1.00. The van der Waals surface area contributed by atoms with Crippen LogP contribution < -0.4 is 0 Å². The lowest BCUT2D eigenvalue weighted by Crippen LogP contribution is -2.23. The van der Waals surface area contributed by atoms with Gasteiger partial charge in [-0.15, -0.1) is 8.58 Å². The van der Waals surface area contributed by atoms with Crippen LogP contribution in [0.5, 0.6) is 0 Å². The Bertz CT molecular complexity index is 174. The van der Waals surface area contributed by atoms with Crippen LogP contribution in [0.25, 0.3) is 0 Å². The van der Waals surface area contributed by atoms with Crippen LogP contribution in [0.2, 0.25) is 0 Å². The minimum Gasteiger partial charge on any atom is -0.122 e. The van der Waals surface area contributed by atoms with Gasteiger partial charge in [0.2, 0.25) is 0 Å². The molecule has 0 radical (unpaired) electrons. The summed E-state index contributed by atoms with van der Waals surface area (Å²) >= 11 is 0. The highest BCUT2D eigenvalue weighted by atomic mass is 31.1. The molecule has 0 amide bonds. The Morgan fingerprint density at radius 1 is 1.07 bits per heavy atom. The van der Waals surface area contributed by atoms with Gasteiger partial charge in [0, 0.05) is 0 Å². The predicted octanol–water partition coefficient (Wildman–Crippen LogP) is 5.07. The van der Waals surface area contributed by atoms with Crippen molar-refractivity contribution in [3.63, 3.8) is 0 Å². The maximum absolute atomic E-state index is 2.48. The van der Waals surface area contributed by atoms with Gasteiger partial charge in [0.05, 0.1) is 0 Å². The molecule has 0 saturated heterocycles. The van der Waals surface area contributed by atoms with Gasteiger partial charge in [-0.3, -0.25) is 0 Å². The number of rotatable bonds is 1. The van der Waals surface area contributed by atoms with Crippen molar-refractivity contribution in [2.24, 2.45) is 11.3 Å². The van der Waals surface area contributed by atoms with Crippen LogP contribution in [0.15, 0.2) is 0 Å². The third-order valence-corrected chi connectivity index (χ3v) is 5.61. The molecule has 90 valence electrons. The van der Waals surface area contributed by atoms with Crippen LogP contribution in [0.1, 0.15) is 65.7 Å². The van der Waals surface area contributed by atoms with E-state index >= 15 is 0 Å². The molecule has 0 aromatic rings. The molecule has 0 spiro atoms. The summed E-state index contributed by atoms with van der Waals surface area (Å²) in [6.45, 7) is 9.85. The highest BCUT2D eigenvalue weighted by molar-refractivity contribution is 7.37. The number of hydrogen-bond acceptors (Lipinski definition) is 0. The Kier molecular flexibility index (Phi) is 5.61. The monoisotopic (exact) mass is 228 g/mol. The molecule has 0 aliphatic heterocycles. The first-order valence-electron chi connectivity index (χ1n) is 6.72. The lowest BCUT2D eigenvalue weighted by Gasteiger charge is -2.33. The van der Waals surface area contributed by atoms with E-state index in [1.54, 1.807) is 0 Å². The van der Waals surface area contributed by atoms with Gasteiger partial charge in [0.25, 0.3) is 0 Å². The predicted molar refractivity (Wildman–Crippen MR) is 73.3 cm³/mol. The minimum atomic E-state index is 0.597. The summed E-state index contributed by atoms with van der Waals surface area (Å²) in [5.41, 5.74) is 1.59. The molecule has 0 aromatic heterocycles. The van der Waals surface area contributed by atoms with E-state index in [9.17, 15) is 0 Å². The fourth-order valence-corrected chi connectivity index (χ4v) is 4.40. The Hall–Kier alpha value is 0.430. The van der Waals surface area contributed by atoms with E-state index in [1.165, 1.54) is 44.9 Å². The van der Waals surface area contributed by atoms with Gasteiger partial charge < -0.3 is 0 Å². The average molecular weight is 228 g/mol. The highest BCUT2D eigenvalue weighted by Crippen LogP contribution is 2.40. The van der Waals surface area contributed by atoms with Crippen LogP contribution >= 0.6 is 8.58 Å². The topological polar surface area (TPSA) is 0 Å². The van der Waals surface area contributed by atoms with Gasteiger partial charge in [0.15, 0.2) is 0 Å². The van der Waals surface area contributed by atoms with Crippen LogP contribution in [0.3, 0.4) is 0 Å². The van der Waals surface area contributed by atoms with E-state index in [0.717, 1.165) is 20.2 Å². The molecule has 3 unspecified atom stereocenters. The van der Waals surface area contributed by atoms with Gasteiger partial charge >= 0.3 is 0 Å². The zero-order valence-electron chi connectivity index (χ0n) is 11.1. The van der Waals surface area contributed by atoms with Gasteiger partial charge in [-0.05, 0) is 36.5 Å². The molecule has 15 heavy (non-hydrogen) atoms. The Morgan fingerprint density at radius 2 is 1.73 bits per heavy atom. The molecule has 0 N–H and O–H groups in total. The first kappa shape index (κ1) is 13.5. The summed E-state index contributed by atoms with van der Waals surface area (Å²) in [6.07, 6.45) is 10.3. The average Bonchev–Trinajstić information content (AvgIpc) is 2.18. The van der Waals surface area contributed by atoms with Crippen molar-refractivity contribution in [2.45, 2.75) is 71.4 Å². The van der Waals surface area contributed by atoms with E-state index in [1.807, 2.05) is 0 Å². The summed E-state index contributed by atoms with van der Waals surface area (Å²) < 4.78 is 0. The molecule has 0 aromatic carbocycles. The van der Waals surface area contributed by atoms with Crippen molar-refractivity contribution < 1.29 is 0 Å². The Morgan fingerprint density at radius 3 is 2.40 bits per heavy atom. The molecule has 1 fully saturated rings. The zero-order chi connectivity index (χ0) is 11.3. The van der Waals surface area contributed by atoms with E-state index < -0.39 is 0 Å². The highest BCUT2D eigenvalue weighted by Gasteiger charge is 2.26. The van der Waals surface area contributed by atoms with Crippen molar-refractivity contribution in [3.8, 4) is 0 Å². The molecule has 1 heteroatoms. The largest absolute Gasteiger partial charge is 0.122 e. The maximum Gasteiger partial charge on any atom is -0.0208 e. The van der Waals surface area contributed by atoms with Crippen molar-refractivity contribution in [2.75, 3.05) is 6.66 Å². The van der Waals surface area contributed by atoms with Crippen LogP contribution in [-0.4, -0.2) is 12.3 Å². The molecule has 1 aliphatic carbocycles. The lowest BCUT2D eigenvalue weighted by atomic mass is 9.78. The van der Waals surface area contributed by atoms with Gasteiger partial charge in [0.1, 0.15) is 0 Å². The van der Waals surface area contributed by atoms with Crippen LogP contribution in [0, 0.1) is 11.3 Å². The van der Waals surface area contributed by atoms with Gasteiger partial charge in [-0.25, -0.2) is 0 Å². The van der Waals surface area contributed by atoms with E-state index in [4.69, 9.17) is 0 Å². The lowest BCUT2D eigenvalue weighted by molar-refractivity contribution is 0.258. The summed E-state index contributed by atoms with van der Waals surface area (Å²) in [6, 6.07) is 0. The first-order chi connectivity index (χ1) is 7.05. The molecule has 0 bridgehead atoms. The molecular formula is C14H29P. The third kappa shape index (κ3) is 4.85. The third-order valence-electron chi connectivity index (χ3n) is 4.09. The second-order valence-electron chi connectivity index (χ2n) is 6.19. The minimum absolute atomic E-state index is 0.597. The first-order valence-corrected chi connectivity index (χ1v) is 8.30. The summed E-state index contributed by atoms with van der Waals surface area (Å²) in [5, 5.41) is 0. The summed E-state index contributed by atoms with van der Waals surface area (Å²) in [5.74, 6) is 0.964. The molecule has 0 nitrogen and oxygen atoms in total. The normalized spacial score (nSPS) is 34.4. The summed E-state index contributed by atoms with van der Waals surface area (Å²) in [7, 11) is 1.14. The summed E-state index contributed by atoms with van der Waals surface area (Å²) in [4.78, 5) is 0. The number of hydrogen-bond donors (Lipinski definition) is 0. The van der Waals surface area contributed by atoms with Crippen LogP contribution in [-0.2, 0) is 0 Å². The SMILES string of the molecule is CPC1CC(C)(C)CCCCCCC1C. The molecule has 3 atom stereocenters. The second kappa shape index (κ2) is 6.24. The van der Waals surface area contributed by atoms with Crippen molar-refractivity contribution in [1.29, 1.82) is 0 Å². The standard InChI is InChI=1S/C14H29P/c1-12-9-7-5-6-8-10-14(2,3)11-13(12)15-4/h12-13,15H,5-11H2,1-4H3. The zero-order valence-corrected chi connectivity index (χ0v) is 12.1. The van der Waals surface area contributed by atoms with Crippen molar-refractivity contribution >= 4 is 8.58 Å². The molecule has 1 saturated carbocycles. The smallest absolute Gasteiger partial charge is 0.0208 e. The van der Waals surface area contributed by atoms with E-state index in [0.29, 0.717) is 5.41 Å². The molecule has 0 heterocycles.